The number of hydrogen-bond acceptors (Lipinski definition) is 3. The lowest BCUT2D eigenvalue weighted by Crippen LogP contribution is -2.55. The number of benzene rings is 1. The van der Waals surface area contributed by atoms with Crippen molar-refractivity contribution in [3.05, 3.63) is 70.7 Å². The van der Waals surface area contributed by atoms with Gasteiger partial charge in [-0.3, -0.25) is 4.79 Å². The summed E-state index contributed by atoms with van der Waals surface area (Å²) in [5.74, 6) is 1.42. The fourth-order valence-electron chi connectivity index (χ4n) is 8.02. The first-order chi connectivity index (χ1) is 17.2. The third-order valence-electron chi connectivity index (χ3n) is 9.78. The lowest BCUT2D eigenvalue weighted by atomic mass is 9.64. The van der Waals surface area contributed by atoms with Crippen molar-refractivity contribution in [3.8, 4) is 0 Å². The molecule has 1 amide bonds. The van der Waals surface area contributed by atoms with Crippen molar-refractivity contribution in [2.24, 2.45) is 11.8 Å². The van der Waals surface area contributed by atoms with Gasteiger partial charge in [-0.15, -0.1) is 0 Å². The molecule has 1 aromatic heterocycles. The maximum Gasteiger partial charge on any atom is 0.228 e. The Kier molecular flexibility index (Phi) is 6.30. The van der Waals surface area contributed by atoms with Gasteiger partial charge in [0.15, 0.2) is 11.9 Å². The zero-order valence-corrected chi connectivity index (χ0v) is 20.8. The van der Waals surface area contributed by atoms with Gasteiger partial charge in [-0.05, 0) is 62.0 Å². The molecule has 0 radical (unpaired) electrons. The second kappa shape index (κ2) is 9.57. The Balaban J connectivity index is 1.31. The third kappa shape index (κ3) is 4.06. The maximum atomic E-state index is 14.5. The van der Waals surface area contributed by atoms with Crippen molar-refractivity contribution >= 4 is 5.91 Å². The number of likely N-dealkylation sites (tertiary alicyclic amines) is 1. The summed E-state index contributed by atoms with van der Waals surface area (Å²) in [5, 5.41) is 16.2. The Bertz CT molecular complexity index is 1050. The summed E-state index contributed by atoms with van der Waals surface area (Å²) >= 11 is 0. The van der Waals surface area contributed by atoms with Crippen LogP contribution in [0, 0.1) is 17.0 Å². The van der Waals surface area contributed by atoms with E-state index in [2.05, 4.69) is 46.6 Å². The van der Waals surface area contributed by atoms with Crippen molar-refractivity contribution in [3.63, 3.8) is 0 Å². The first-order valence-electron chi connectivity index (χ1n) is 13.9. The van der Waals surface area contributed by atoms with E-state index in [0.717, 1.165) is 67.7 Å². The van der Waals surface area contributed by atoms with Crippen LogP contribution in [0.3, 0.4) is 0 Å². The van der Waals surface area contributed by atoms with Crippen molar-refractivity contribution in [1.29, 1.82) is 0 Å². The second-order valence-electron chi connectivity index (χ2n) is 11.5. The number of piperidine rings is 1. The number of fused-ring (bicyclic) bond motifs is 2. The van der Waals surface area contributed by atoms with Crippen LogP contribution < -0.4 is 10.0 Å². The van der Waals surface area contributed by atoms with Crippen LogP contribution in [0.4, 0.5) is 0 Å². The van der Waals surface area contributed by atoms with Gasteiger partial charge >= 0.3 is 0 Å². The summed E-state index contributed by atoms with van der Waals surface area (Å²) in [7, 11) is 0. The van der Waals surface area contributed by atoms with Gasteiger partial charge in [0, 0.05) is 49.1 Å². The van der Waals surface area contributed by atoms with Crippen LogP contribution in [0.1, 0.15) is 80.5 Å². The Morgan fingerprint density at radius 3 is 2.69 bits per heavy atom. The number of carbonyl (C=O) groups excluding carboxylic acids is 1. The van der Waals surface area contributed by atoms with Gasteiger partial charge in [0.2, 0.25) is 5.91 Å². The second-order valence-corrected chi connectivity index (χ2v) is 11.5. The van der Waals surface area contributed by atoms with Gasteiger partial charge in [0.25, 0.3) is 0 Å². The first-order valence-corrected chi connectivity index (χ1v) is 13.9. The van der Waals surface area contributed by atoms with E-state index in [1.165, 1.54) is 37.7 Å². The molecule has 3 heterocycles. The zero-order valence-electron chi connectivity index (χ0n) is 20.8. The summed E-state index contributed by atoms with van der Waals surface area (Å²) in [6.45, 7) is 2.38. The molecule has 1 aromatic carbocycles. The monoisotopic (exact) mass is 473 g/mol. The van der Waals surface area contributed by atoms with E-state index >= 15 is 0 Å². The van der Waals surface area contributed by atoms with Crippen LogP contribution in [-0.2, 0) is 16.6 Å². The molecule has 6 rings (SSSR count). The van der Waals surface area contributed by atoms with Gasteiger partial charge in [0.05, 0.1) is 5.92 Å². The van der Waals surface area contributed by atoms with Crippen LogP contribution in [0.5, 0.6) is 0 Å². The molecular weight excluding hydrogens is 434 g/mol. The molecule has 35 heavy (non-hydrogen) atoms. The maximum absolute atomic E-state index is 14.5. The molecular formula is C30H39N3O2. The van der Waals surface area contributed by atoms with E-state index in [-0.39, 0.29) is 11.3 Å². The number of nitrogens with zero attached hydrogens (tertiary/aromatic N) is 2. The molecule has 5 nitrogen and oxygen atoms in total. The number of rotatable bonds is 3. The fourth-order valence-corrected chi connectivity index (χ4v) is 8.02. The van der Waals surface area contributed by atoms with Gasteiger partial charge in [0.1, 0.15) is 0 Å². The van der Waals surface area contributed by atoms with Crippen molar-refractivity contribution in [2.45, 2.75) is 81.6 Å². The van der Waals surface area contributed by atoms with Gasteiger partial charge in [-0.2, -0.15) is 4.73 Å². The van der Waals surface area contributed by atoms with Crippen molar-refractivity contribution in [2.75, 3.05) is 19.6 Å². The number of carbonyl (C=O) groups is 1. The van der Waals surface area contributed by atoms with Crippen LogP contribution in [0.25, 0.3) is 0 Å². The minimum Gasteiger partial charge on any atom is -0.618 e. The van der Waals surface area contributed by atoms with E-state index in [1.807, 2.05) is 6.07 Å². The van der Waals surface area contributed by atoms with Crippen LogP contribution in [0.15, 0.2) is 48.7 Å². The largest absolute Gasteiger partial charge is 0.618 e. The molecule has 2 aromatic rings. The number of amides is 1. The Hall–Kier alpha value is -2.40. The lowest BCUT2D eigenvalue weighted by molar-refractivity contribution is -0.615. The highest BCUT2D eigenvalue weighted by atomic mass is 16.5. The Morgan fingerprint density at radius 1 is 1.03 bits per heavy atom. The molecule has 0 unspecified atom stereocenters. The zero-order chi connectivity index (χ0) is 23.8. The van der Waals surface area contributed by atoms with Gasteiger partial charge in [-0.1, -0.05) is 49.6 Å². The van der Waals surface area contributed by atoms with E-state index in [0.29, 0.717) is 23.8 Å². The number of nitrogens with one attached hydrogen (secondary N) is 1. The van der Waals surface area contributed by atoms with E-state index in [1.54, 1.807) is 6.20 Å². The number of aromatic nitrogens is 1. The van der Waals surface area contributed by atoms with E-state index in [4.69, 9.17) is 0 Å². The highest BCUT2D eigenvalue weighted by Crippen LogP contribution is 2.47. The highest BCUT2D eigenvalue weighted by molar-refractivity contribution is 5.82. The molecule has 3 fully saturated rings. The molecule has 2 aliphatic carbocycles. The van der Waals surface area contributed by atoms with Gasteiger partial charge in [-0.25, -0.2) is 0 Å². The predicted molar refractivity (Wildman–Crippen MR) is 137 cm³/mol. The molecule has 4 atom stereocenters. The Morgan fingerprint density at radius 2 is 1.86 bits per heavy atom. The third-order valence-corrected chi connectivity index (χ3v) is 9.78. The molecule has 186 valence electrons. The molecule has 5 heteroatoms. The Labute approximate surface area is 209 Å². The average molecular weight is 474 g/mol. The van der Waals surface area contributed by atoms with Gasteiger partial charge < -0.3 is 15.4 Å². The van der Waals surface area contributed by atoms with Crippen LogP contribution in [0.2, 0.25) is 0 Å². The smallest absolute Gasteiger partial charge is 0.228 e. The first kappa shape index (κ1) is 23.0. The molecule has 2 saturated heterocycles. The topological polar surface area (TPSA) is 59.3 Å². The predicted octanol–water partition coefficient (Wildman–Crippen LogP) is 4.47. The van der Waals surface area contributed by atoms with Crippen LogP contribution in [-0.4, -0.2) is 36.5 Å². The molecule has 2 aliphatic heterocycles. The molecule has 1 saturated carbocycles. The van der Waals surface area contributed by atoms with Crippen molar-refractivity contribution < 1.29 is 9.52 Å². The van der Waals surface area contributed by atoms with E-state index in [9.17, 15) is 10.0 Å². The van der Waals surface area contributed by atoms with E-state index < -0.39 is 0 Å². The highest BCUT2D eigenvalue weighted by Gasteiger charge is 2.54. The average Bonchev–Trinajstić information content (AvgIpc) is 3.33. The summed E-state index contributed by atoms with van der Waals surface area (Å²) in [5.41, 5.74) is 3.19. The SMILES string of the molecule is O=C([C@@H]1CNC[C@]12CCCc1c2ccc[n+]1[O-])N1CC[C@@H](c2ccccc2)C[C@H]1C1CCCCC1. The lowest BCUT2D eigenvalue weighted by Gasteiger charge is -2.47. The minimum absolute atomic E-state index is 0.0803. The molecule has 1 spiro atoms. The summed E-state index contributed by atoms with van der Waals surface area (Å²) in [6.07, 6.45) is 13.0. The standard InChI is InChI=1S/C30H39N3O2/c34-29(26-20-31-21-30(26)16-7-14-27-25(30)13-8-17-33(27)35)32-18-15-24(22-9-3-1-4-10-22)19-28(32)23-11-5-2-6-12-23/h1,3-4,8-10,13,17,23-24,26,28,31H,2,5-7,11-12,14-16,18-21H2/t24-,26+,28+,30+/m1/s1. The van der Waals surface area contributed by atoms with Crippen LogP contribution >= 0.6 is 0 Å². The molecule has 4 aliphatic rings. The normalized spacial score (nSPS) is 31.4. The number of pyridine rings is 1. The summed E-state index contributed by atoms with van der Waals surface area (Å²) < 4.78 is 1.05. The fraction of sp³-hybridized carbons (Fsp3) is 0.600. The quantitative estimate of drug-likeness (QED) is 0.529. The summed E-state index contributed by atoms with van der Waals surface area (Å²) in [6, 6.07) is 15.3. The minimum atomic E-state index is -0.245. The van der Waals surface area contributed by atoms with Crippen molar-refractivity contribution in [1.82, 2.24) is 10.2 Å². The summed E-state index contributed by atoms with van der Waals surface area (Å²) in [4.78, 5) is 16.8. The molecule has 1 N–H and O–H groups in total. The number of hydrogen-bond donors (Lipinski definition) is 1. The molecule has 0 bridgehead atoms.